The molecule has 252 valence electrons. The van der Waals surface area contributed by atoms with Crippen LogP contribution in [0.1, 0.15) is 25.3 Å². The molecule has 6 aromatic carbocycles. The number of fused-ring (bicyclic) bond motifs is 4. The number of hydrogen-bond acceptors (Lipinski definition) is 4. The van der Waals surface area contributed by atoms with Gasteiger partial charge in [-0.25, -0.2) is 4.98 Å². The zero-order valence-electron chi connectivity index (χ0n) is 28.0. The van der Waals surface area contributed by atoms with Crippen molar-refractivity contribution in [1.82, 2.24) is 9.55 Å². The minimum Gasteiger partial charge on any atom is -0.319 e. The third kappa shape index (κ3) is 6.04. The van der Waals surface area contributed by atoms with E-state index in [2.05, 4.69) is 146 Å². The van der Waals surface area contributed by atoms with Crippen molar-refractivity contribution < 1.29 is 26.0 Å². The summed E-state index contributed by atoms with van der Waals surface area (Å²) in [6, 6.07) is 58.0. The summed E-state index contributed by atoms with van der Waals surface area (Å²) in [5, 5.41) is 6.27. The number of pyridine rings is 1. The third-order valence-electron chi connectivity index (χ3n) is 9.14. The van der Waals surface area contributed by atoms with Gasteiger partial charge in [0.25, 0.3) is 0 Å². The zero-order chi connectivity index (χ0) is 33.6. The molecule has 1 N–H and O–H groups in total. The maximum atomic E-state index is 5.01. The van der Waals surface area contributed by atoms with E-state index in [0.717, 1.165) is 60.3 Å². The van der Waals surface area contributed by atoms with Crippen LogP contribution in [0.4, 0.5) is 22.7 Å². The number of anilines is 4. The van der Waals surface area contributed by atoms with E-state index in [1.165, 1.54) is 16.5 Å². The molecule has 0 aliphatic carbocycles. The first-order valence-electron chi connectivity index (χ1n) is 16.8. The van der Waals surface area contributed by atoms with E-state index >= 15 is 0 Å². The van der Waals surface area contributed by atoms with Crippen molar-refractivity contribution in [3.05, 3.63) is 169 Å². The molecule has 1 aliphatic rings. The fourth-order valence-electron chi connectivity index (χ4n) is 6.83. The van der Waals surface area contributed by atoms with Gasteiger partial charge in [-0.3, -0.25) is 0 Å². The summed E-state index contributed by atoms with van der Waals surface area (Å²) in [6.07, 6.45) is 1.92. The topological polar surface area (TPSA) is 37.1 Å². The Kier molecular flexibility index (Phi) is 8.99. The van der Waals surface area contributed by atoms with Crippen molar-refractivity contribution in [1.29, 1.82) is 0 Å². The number of para-hydroxylation sites is 4. The molecule has 5 nitrogen and oxygen atoms in total. The summed E-state index contributed by atoms with van der Waals surface area (Å²) >= 11 is 1.65. The molecule has 0 saturated carbocycles. The SMILES string of the molecule is CC(C)c1ccccc1-c1ccnc(-n2c3[c-]c(Sc4[c-]c(N5[OH+]N(c6ccccc6)c6ccccc65)ccc4)ccc3c3ccccc32)c1.[Pt]. The van der Waals surface area contributed by atoms with Crippen molar-refractivity contribution in [2.75, 3.05) is 10.1 Å². The number of hydrogen-bond donors (Lipinski definition) is 0. The molecule has 0 spiro atoms. The standard InChI is InChI=1S/C44H32N4OS.Pt/c1-30(2)36-17-6-7-18-37(36)31-25-26-45-44(27-31)46-40-20-9-8-19-38(40)39-24-23-35(29-43(39)46)50-34-16-12-15-33(28-34)48-42-22-11-10-21-41(42)47(49-48)32-13-4-3-5-14-32;/h3-27,30H,1-2H3;/q-2;/p+1. The first-order valence-corrected chi connectivity index (χ1v) is 17.6. The second-order valence-electron chi connectivity index (χ2n) is 12.6. The fraction of sp³-hybridized carbons (Fsp3) is 0.0682. The molecule has 0 saturated heterocycles. The largest absolute Gasteiger partial charge is 0.319 e. The second kappa shape index (κ2) is 13.9. The van der Waals surface area contributed by atoms with Gasteiger partial charge in [0.2, 0.25) is 0 Å². The van der Waals surface area contributed by atoms with Crippen LogP contribution < -0.4 is 10.1 Å². The van der Waals surface area contributed by atoms with Crippen molar-refractivity contribution >= 4 is 56.3 Å². The quantitative estimate of drug-likeness (QED) is 0.118. The molecule has 0 bridgehead atoms. The molecule has 3 heterocycles. The van der Waals surface area contributed by atoms with Crippen LogP contribution >= 0.6 is 11.8 Å². The van der Waals surface area contributed by atoms with Crippen LogP contribution in [0.2, 0.25) is 0 Å². The minimum absolute atomic E-state index is 0. The first kappa shape index (κ1) is 33.0. The van der Waals surface area contributed by atoms with E-state index in [1.807, 2.05) is 46.7 Å². The predicted molar refractivity (Wildman–Crippen MR) is 205 cm³/mol. The molecule has 51 heavy (non-hydrogen) atoms. The van der Waals surface area contributed by atoms with Gasteiger partial charge >= 0.3 is 0 Å². The van der Waals surface area contributed by atoms with Gasteiger partial charge in [-0.05, 0) is 70.5 Å². The summed E-state index contributed by atoms with van der Waals surface area (Å²) in [4.78, 5) is 11.9. The van der Waals surface area contributed by atoms with Crippen LogP contribution in [0.3, 0.4) is 0 Å². The van der Waals surface area contributed by atoms with Gasteiger partial charge < -0.3 is 4.57 Å². The van der Waals surface area contributed by atoms with Crippen molar-refractivity contribution in [2.45, 2.75) is 29.6 Å². The summed E-state index contributed by atoms with van der Waals surface area (Å²) in [6.45, 7) is 4.49. The van der Waals surface area contributed by atoms with Crippen LogP contribution in [-0.2, 0) is 21.1 Å². The third-order valence-corrected chi connectivity index (χ3v) is 10.1. The Bertz CT molecular complexity index is 2510. The molecule has 2 aromatic heterocycles. The summed E-state index contributed by atoms with van der Waals surface area (Å²) in [5.74, 6) is 1.28. The molecular formula is C44H33N4OPtS-. The van der Waals surface area contributed by atoms with E-state index in [0.29, 0.717) is 5.92 Å². The Hall–Kier alpha value is -5.13. The van der Waals surface area contributed by atoms with Gasteiger partial charge in [0.1, 0.15) is 22.9 Å². The molecule has 0 radical (unpaired) electrons. The molecular weight excluding hydrogens is 828 g/mol. The molecule has 0 unspecified atom stereocenters. The second-order valence-corrected chi connectivity index (χ2v) is 13.7. The average Bonchev–Trinajstić information content (AvgIpc) is 3.71. The van der Waals surface area contributed by atoms with Gasteiger partial charge in [0.15, 0.2) is 0 Å². The maximum absolute atomic E-state index is 5.01. The Morgan fingerprint density at radius 3 is 2.22 bits per heavy atom. The number of nitrogens with zero attached hydrogens (tertiary/aromatic N) is 4. The van der Waals surface area contributed by atoms with Crippen molar-refractivity contribution in [3.8, 4) is 16.9 Å². The van der Waals surface area contributed by atoms with Gasteiger partial charge in [0, 0.05) is 38.5 Å². The van der Waals surface area contributed by atoms with Crippen LogP contribution in [0.25, 0.3) is 38.8 Å². The van der Waals surface area contributed by atoms with E-state index < -0.39 is 0 Å². The monoisotopic (exact) mass is 860 g/mol. The van der Waals surface area contributed by atoms with Gasteiger partial charge in [0.05, 0.1) is 0 Å². The van der Waals surface area contributed by atoms with Gasteiger partial charge in [-0.15, -0.1) is 50.2 Å². The van der Waals surface area contributed by atoms with E-state index in [-0.39, 0.29) is 21.1 Å². The number of benzene rings is 6. The van der Waals surface area contributed by atoms with Crippen molar-refractivity contribution in [3.63, 3.8) is 0 Å². The van der Waals surface area contributed by atoms with E-state index in [9.17, 15) is 0 Å². The van der Waals surface area contributed by atoms with Crippen LogP contribution in [-0.4, -0.2) is 14.5 Å². The molecule has 9 rings (SSSR count). The molecule has 7 heteroatoms. The summed E-state index contributed by atoms with van der Waals surface area (Å²) < 4.78 is 2.24. The van der Waals surface area contributed by atoms with Gasteiger partial charge in [-0.1, -0.05) is 97.2 Å². The van der Waals surface area contributed by atoms with Crippen LogP contribution in [0.5, 0.6) is 0 Å². The Morgan fingerprint density at radius 2 is 1.37 bits per heavy atom. The van der Waals surface area contributed by atoms with Crippen LogP contribution in [0, 0.1) is 12.1 Å². The number of rotatable bonds is 7. The molecule has 0 atom stereocenters. The minimum atomic E-state index is 0. The fourth-order valence-corrected chi connectivity index (χ4v) is 7.65. The Balaban J connectivity index is 0.00000374. The first-order chi connectivity index (χ1) is 24.6. The van der Waals surface area contributed by atoms with Crippen molar-refractivity contribution in [2.24, 2.45) is 0 Å². The molecule has 8 aromatic rings. The van der Waals surface area contributed by atoms with Crippen LogP contribution in [0.15, 0.2) is 162 Å². The molecule has 0 amide bonds. The zero-order valence-corrected chi connectivity index (χ0v) is 31.1. The normalized spacial score (nSPS) is 12.5. The average molecular weight is 861 g/mol. The Morgan fingerprint density at radius 1 is 0.647 bits per heavy atom. The smallest absolute Gasteiger partial charge is 0.148 e. The summed E-state index contributed by atoms with van der Waals surface area (Å²) in [5.41, 5.74) is 9.75. The Labute approximate surface area is 316 Å². The van der Waals surface area contributed by atoms with E-state index in [1.54, 1.807) is 11.8 Å². The number of aromatic nitrogens is 2. The van der Waals surface area contributed by atoms with E-state index in [4.69, 9.17) is 9.92 Å². The summed E-state index contributed by atoms with van der Waals surface area (Å²) in [7, 11) is 0. The maximum Gasteiger partial charge on any atom is 0.148 e. The molecule has 0 fully saturated rings. The molecule has 1 aliphatic heterocycles. The van der Waals surface area contributed by atoms with Gasteiger partial charge in [-0.2, -0.15) is 29.2 Å². The predicted octanol–water partition coefficient (Wildman–Crippen LogP) is 11.8.